The molecule has 2 aromatic rings. The SMILES string of the molecule is CCNC(=O)c1c(NCCN)nc(NC2CCCCC2)n1Cc1cc(Cl)c2c(c1)CCO2. The van der Waals surface area contributed by atoms with Gasteiger partial charge in [0, 0.05) is 32.1 Å². The summed E-state index contributed by atoms with van der Waals surface area (Å²) in [4.78, 5) is 17.9. The number of aromatic nitrogens is 2. The summed E-state index contributed by atoms with van der Waals surface area (Å²) >= 11 is 6.49. The number of halogens is 1. The Morgan fingerprint density at radius 2 is 2.12 bits per heavy atom. The molecule has 1 saturated carbocycles. The van der Waals surface area contributed by atoms with Crippen LogP contribution in [0.15, 0.2) is 12.1 Å². The standard InChI is InChI=1S/C23H33ClN6O2/c1-2-26-22(31)19-21(27-10-9-25)29-23(28-17-6-4-3-5-7-17)30(19)14-15-12-16-8-11-32-20(16)18(24)13-15/h12-13,17,27H,2-11,14,25H2,1H3,(H,26,31)(H,28,29). The number of nitrogens with zero attached hydrogens (tertiary/aromatic N) is 2. The third kappa shape index (κ3) is 4.96. The minimum absolute atomic E-state index is 0.160. The Kier molecular flexibility index (Phi) is 7.42. The lowest BCUT2D eigenvalue weighted by atomic mass is 9.96. The number of carbonyl (C=O) groups excluding carboxylic acids is 1. The third-order valence-electron chi connectivity index (χ3n) is 6.03. The number of nitrogens with one attached hydrogen (secondary N) is 3. The molecule has 9 heteroatoms. The van der Waals surface area contributed by atoms with Crippen molar-refractivity contribution >= 4 is 29.3 Å². The summed E-state index contributed by atoms with van der Waals surface area (Å²) < 4.78 is 7.62. The van der Waals surface area contributed by atoms with Gasteiger partial charge in [0.05, 0.1) is 18.2 Å². The van der Waals surface area contributed by atoms with Gasteiger partial charge in [0.1, 0.15) is 5.75 Å². The van der Waals surface area contributed by atoms with Crippen molar-refractivity contribution < 1.29 is 9.53 Å². The molecule has 0 radical (unpaired) electrons. The fraction of sp³-hybridized carbons (Fsp3) is 0.565. The van der Waals surface area contributed by atoms with E-state index in [1.807, 2.05) is 17.6 Å². The maximum absolute atomic E-state index is 13.1. The lowest BCUT2D eigenvalue weighted by molar-refractivity contribution is 0.0948. The van der Waals surface area contributed by atoms with Gasteiger partial charge in [-0.3, -0.25) is 9.36 Å². The number of carbonyl (C=O) groups is 1. The Balaban J connectivity index is 1.73. The van der Waals surface area contributed by atoms with Gasteiger partial charge in [0.15, 0.2) is 11.5 Å². The average molecular weight is 461 g/mol. The molecule has 2 aliphatic rings. The molecule has 0 atom stereocenters. The second-order valence-corrected chi connectivity index (χ2v) is 8.84. The van der Waals surface area contributed by atoms with E-state index in [9.17, 15) is 4.79 Å². The number of hydrogen-bond donors (Lipinski definition) is 4. The molecule has 32 heavy (non-hydrogen) atoms. The van der Waals surface area contributed by atoms with Crippen molar-refractivity contribution in [1.82, 2.24) is 14.9 Å². The highest BCUT2D eigenvalue weighted by atomic mass is 35.5. The molecule has 1 aliphatic heterocycles. The van der Waals surface area contributed by atoms with Crippen molar-refractivity contribution in [2.24, 2.45) is 5.73 Å². The van der Waals surface area contributed by atoms with E-state index in [0.717, 1.165) is 36.1 Å². The van der Waals surface area contributed by atoms with Crippen molar-refractivity contribution in [3.63, 3.8) is 0 Å². The van der Waals surface area contributed by atoms with E-state index in [4.69, 9.17) is 27.1 Å². The van der Waals surface area contributed by atoms with E-state index in [-0.39, 0.29) is 5.91 Å². The topological polar surface area (TPSA) is 106 Å². The van der Waals surface area contributed by atoms with Crippen molar-refractivity contribution in [3.8, 4) is 5.75 Å². The number of anilines is 2. The molecule has 8 nitrogen and oxygen atoms in total. The van der Waals surface area contributed by atoms with Gasteiger partial charge in [-0.05, 0) is 37.0 Å². The van der Waals surface area contributed by atoms with E-state index in [1.54, 1.807) is 0 Å². The molecule has 1 amide bonds. The molecular formula is C23H33ClN6O2. The molecule has 1 aromatic carbocycles. The number of amides is 1. The van der Waals surface area contributed by atoms with Gasteiger partial charge in [-0.15, -0.1) is 0 Å². The highest BCUT2D eigenvalue weighted by Crippen LogP contribution is 2.35. The van der Waals surface area contributed by atoms with Crippen molar-refractivity contribution in [2.45, 2.75) is 58.0 Å². The number of ether oxygens (including phenoxy) is 1. The average Bonchev–Trinajstić information content (AvgIpc) is 3.38. The summed E-state index contributed by atoms with van der Waals surface area (Å²) in [6.07, 6.45) is 6.75. The molecule has 5 N–H and O–H groups in total. The van der Waals surface area contributed by atoms with Crippen molar-refractivity contribution in [1.29, 1.82) is 0 Å². The molecule has 1 fully saturated rings. The molecule has 174 valence electrons. The lowest BCUT2D eigenvalue weighted by Crippen LogP contribution is -2.29. The van der Waals surface area contributed by atoms with Crippen LogP contribution in [0.25, 0.3) is 0 Å². The predicted molar refractivity (Wildman–Crippen MR) is 128 cm³/mol. The maximum Gasteiger partial charge on any atom is 0.271 e. The van der Waals surface area contributed by atoms with Gasteiger partial charge < -0.3 is 26.4 Å². The molecule has 0 spiro atoms. The van der Waals surface area contributed by atoms with Crippen LogP contribution in [0.3, 0.4) is 0 Å². The molecule has 0 unspecified atom stereocenters. The molecule has 1 aromatic heterocycles. The predicted octanol–water partition coefficient (Wildman–Crippen LogP) is 3.38. The Labute approximate surface area is 194 Å². The van der Waals surface area contributed by atoms with Crippen LogP contribution in [-0.4, -0.2) is 47.7 Å². The summed E-state index contributed by atoms with van der Waals surface area (Å²) in [6, 6.07) is 4.39. The normalized spacial score (nSPS) is 15.8. The molecule has 1 aliphatic carbocycles. The van der Waals surface area contributed by atoms with Crippen LogP contribution in [0.1, 0.15) is 60.6 Å². The van der Waals surface area contributed by atoms with Gasteiger partial charge in [0.25, 0.3) is 5.91 Å². The Hall–Kier alpha value is -2.45. The summed E-state index contributed by atoms with van der Waals surface area (Å²) in [7, 11) is 0. The van der Waals surface area contributed by atoms with Gasteiger partial charge >= 0.3 is 0 Å². The molecule has 2 heterocycles. The number of hydrogen-bond acceptors (Lipinski definition) is 6. The number of nitrogens with two attached hydrogens (primary N) is 1. The molecular weight excluding hydrogens is 428 g/mol. The van der Waals surface area contributed by atoms with E-state index in [0.29, 0.717) is 61.3 Å². The van der Waals surface area contributed by atoms with Crippen LogP contribution < -0.4 is 26.4 Å². The number of benzene rings is 1. The van der Waals surface area contributed by atoms with Crippen LogP contribution in [0.5, 0.6) is 5.75 Å². The van der Waals surface area contributed by atoms with Crippen LogP contribution in [0, 0.1) is 0 Å². The second kappa shape index (κ2) is 10.4. The first-order valence-corrected chi connectivity index (χ1v) is 12.0. The smallest absolute Gasteiger partial charge is 0.271 e. The van der Waals surface area contributed by atoms with Crippen LogP contribution in [0.4, 0.5) is 11.8 Å². The minimum Gasteiger partial charge on any atom is -0.491 e. The van der Waals surface area contributed by atoms with Gasteiger partial charge in [-0.1, -0.05) is 36.9 Å². The summed E-state index contributed by atoms with van der Waals surface area (Å²) in [5.41, 5.74) is 8.33. The second-order valence-electron chi connectivity index (χ2n) is 8.44. The van der Waals surface area contributed by atoms with Crippen molar-refractivity contribution in [2.75, 3.05) is 36.9 Å². The highest BCUT2D eigenvalue weighted by Gasteiger charge is 2.26. The van der Waals surface area contributed by atoms with Crippen LogP contribution >= 0.6 is 11.6 Å². The summed E-state index contributed by atoms with van der Waals surface area (Å²) in [6.45, 7) is 4.56. The lowest BCUT2D eigenvalue weighted by Gasteiger charge is -2.24. The molecule has 0 bridgehead atoms. The fourth-order valence-corrected chi connectivity index (χ4v) is 4.85. The first-order chi connectivity index (χ1) is 15.6. The van der Waals surface area contributed by atoms with Crippen LogP contribution in [-0.2, 0) is 13.0 Å². The van der Waals surface area contributed by atoms with E-state index >= 15 is 0 Å². The van der Waals surface area contributed by atoms with Gasteiger partial charge in [-0.2, -0.15) is 4.98 Å². The van der Waals surface area contributed by atoms with Crippen molar-refractivity contribution in [3.05, 3.63) is 34.0 Å². The summed E-state index contributed by atoms with van der Waals surface area (Å²) in [5, 5.41) is 10.4. The highest BCUT2D eigenvalue weighted by molar-refractivity contribution is 6.32. The monoisotopic (exact) mass is 460 g/mol. The Bertz CT molecular complexity index is 954. The Morgan fingerprint density at radius 1 is 1.31 bits per heavy atom. The van der Waals surface area contributed by atoms with E-state index in [2.05, 4.69) is 22.0 Å². The number of rotatable bonds is 9. The van der Waals surface area contributed by atoms with Crippen LogP contribution in [0.2, 0.25) is 5.02 Å². The van der Waals surface area contributed by atoms with E-state index < -0.39 is 0 Å². The minimum atomic E-state index is -0.160. The zero-order valence-corrected chi connectivity index (χ0v) is 19.4. The number of fused-ring (bicyclic) bond motifs is 1. The Morgan fingerprint density at radius 3 is 2.88 bits per heavy atom. The van der Waals surface area contributed by atoms with Gasteiger partial charge in [0.2, 0.25) is 5.95 Å². The summed E-state index contributed by atoms with van der Waals surface area (Å²) in [5.74, 6) is 1.86. The third-order valence-corrected chi connectivity index (χ3v) is 6.31. The molecule has 4 rings (SSSR count). The first kappa shape index (κ1) is 22.7. The maximum atomic E-state index is 13.1. The largest absolute Gasteiger partial charge is 0.491 e. The van der Waals surface area contributed by atoms with E-state index in [1.165, 1.54) is 19.3 Å². The first-order valence-electron chi connectivity index (χ1n) is 11.6. The quantitative estimate of drug-likeness (QED) is 0.457. The zero-order chi connectivity index (χ0) is 22.5. The molecule has 0 saturated heterocycles. The van der Waals surface area contributed by atoms with Gasteiger partial charge in [-0.25, -0.2) is 0 Å². The fourth-order valence-electron chi connectivity index (χ4n) is 4.53. The zero-order valence-electron chi connectivity index (χ0n) is 18.7. The number of imidazole rings is 1.